The van der Waals surface area contributed by atoms with Crippen molar-refractivity contribution in [3.8, 4) is 0 Å². The molecule has 0 atom stereocenters. The van der Waals surface area contributed by atoms with E-state index in [4.69, 9.17) is 5.11 Å². The van der Waals surface area contributed by atoms with Gasteiger partial charge in [-0.3, -0.25) is 4.79 Å². The van der Waals surface area contributed by atoms with Gasteiger partial charge in [0.1, 0.15) is 0 Å². The third-order valence-electron chi connectivity index (χ3n) is 5.09. The van der Waals surface area contributed by atoms with Gasteiger partial charge in [0.15, 0.2) is 6.61 Å². The molecule has 4 heteroatoms. The van der Waals surface area contributed by atoms with Crippen molar-refractivity contribution in [3.05, 3.63) is 0 Å². The Hall–Kier alpha value is -1.06. The fourth-order valence-electron chi connectivity index (χ4n) is 3.39. The summed E-state index contributed by atoms with van der Waals surface area (Å²) in [4.78, 5) is 21.5. The summed E-state index contributed by atoms with van der Waals surface area (Å²) in [5, 5.41) is 8.41. The van der Waals surface area contributed by atoms with Gasteiger partial charge in [-0.2, -0.15) is 0 Å². The predicted octanol–water partition coefficient (Wildman–Crippen LogP) is 7.05. The van der Waals surface area contributed by atoms with Gasteiger partial charge in [0.05, 0.1) is 0 Å². The van der Waals surface area contributed by atoms with Crippen LogP contribution in [-0.2, 0) is 14.3 Å². The highest BCUT2D eigenvalue weighted by molar-refractivity contribution is 5.75. The smallest absolute Gasteiger partial charge is 0.341 e. The van der Waals surface area contributed by atoms with Crippen LogP contribution in [0.1, 0.15) is 129 Å². The monoisotopic (exact) mass is 384 g/mol. The third-order valence-corrected chi connectivity index (χ3v) is 5.09. The number of carbonyl (C=O) groups excluding carboxylic acids is 1. The van der Waals surface area contributed by atoms with E-state index >= 15 is 0 Å². The molecule has 0 saturated carbocycles. The summed E-state index contributed by atoms with van der Waals surface area (Å²) in [6.07, 6.45) is 24.1. The number of rotatable bonds is 21. The lowest BCUT2D eigenvalue weighted by molar-refractivity contribution is -0.155. The number of unbranched alkanes of at least 4 members (excludes halogenated alkanes) is 17. The highest BCUT2D eigenvalue weighted by Crippen LogP contribution is 2.14. The van der Waals surface area contributed by atoms with E-state index in [0.29, 0.717) is 6.42 Å². The van der Waals surface area contributed by atoms with E-state index in [9.17, 15) is 9.59 Å². The van der Waals surface area contributed by atoms with Gasteiger partial charge in [0, 0.05) is 6.42 Å². The molecule has 0 radical (unpaired) electrons. The zero-order chi connectivity index (χ0) is 20.0. The zero-order valence-electron chi connectivity index (χ0n) is 17.8. The maximum absolute atomic E-state index is 11.2. The SMILES string of the molecule is CCCCCCCCCCCCCCCCCCCCC(=O)OCC(=O)O. The molecule has 1 N–H and O–H groups in total. The molecule has 0 saturated heterocycles. The maximum Gasteiger partial charge on any atom is 0.341 e. The second-order valence-corrected chi connectivity index (χ2v) is 7.81. The van der Waals surface area contributed by atoms with Gasteiger partial charge in [0.25, 0.3) is 0 Å². The summed E-state index contributed by atoms with van der Waals surface area (Å²) in [5.74, 6) is -1.49. The molecule has 27 heavy (non-hydrogen) atoms. The van der Waals surface area contributed by atoms with Crippen LogP contribution < -0.4 is 0 Å². The number of ether oxygens (including phenoxy) is 1. The number of carboxylic acid groups (broad SMARTS) is 1. The summed E-state index contributed by atoms with van der Waals surface area (Å²) in [6.45, 7) is 1.76. The van der Waals surface area contributed by atoms with Crippen LogP contribution in [0.2, 0.25) is 0 Å². The predicted molar refractivity (Wildman–Crippen MR) is 112 cm³/mol. The molecule has 0 aliphatic rings. The van der Waals surface area contributed by atoms with Crippen LogP contribution in [0.3, 0.4) is 0 Å². The van der Waals surface area contributed by atoms with Crippen molar-refractivity contribution in [3.63, 3.8) is 0 Å². The third kappa shape index (κ3) is 22.9. The van der Waals surface area contributed by atoms with Crippen molar-refractivity contribution in [2.24, 2.45) is 0 Å². The Kier molecular flexibility index (Phi) is 20.4. The molecule has 0 fully saturated rings. The van der Waals surface area contributed by atoms with E-state index < -0.39 is 18.5 Å². The zero-order valence-corrected chi connectivity index (χ0v) is 17.8. The molecule has 0 spiro atoms. The first-order valence-corrected chi connectivity index (χ1v) is 11.5. The van der Waals surface area contributed by atoms with Gasteiger partial charge in [-0.25, -0.2) is 4.79 Å². The first kappa shape index (κ1) is 25.9. The van der Waals surface area contributed by atoms with E-state index in [0.717, 1.165) is 19.3 Å². The van der Waals surface area contributed by atoms with Gasteiger partial charge >= 0.3 is 11.9 Å². The highest BCUT2D eigenvalue weighted by atomic mass is 16.5. The molecule has 0 heterocycles. The Labute approximate surface area is 167 Å². The van der Waals surface area contributed by atoms with E-state index in [2.05, 4.69) is 11.7 Å². The van der Waals surface area contributed by atoms with Crippen molar-refractivity contribution in [2.45, 2.75) is 129 Å². The van der Waals surface area contributed by atoms with Crippen molar-refractivity contribution < 1.29 is 19.4 Å². The Morgan fingerprint density at radius 2 is 0.926 bits per heavy atom. The first-order chi connectivity index (χ1) is 13.2. The molecule has 160 valence electrons. The molecule has 4 nitrogen and oxygen atoms in total. The van der Waals surface area contributed by atoms with Gasteiger partial charge in [-0.15, -0.1) is 0 Å². The second kappa shape index (κ2) is 21.2. The number of hydrogen-bond donors (Lipinski definition) is 1. The first-order valence-electron chi connectivity index (χ1n) is 11.5. The largest absolute Gasteiger partial charge is 0.479 e. The molecule has 0 aromatic rings. The molecular formula is C23H44O4. The summed E-state index contributed by atoms with van der Waals surface area (Å²) in [7, 11) is 0. The van der Waals surface area contributed by atoms with E-state index in [1.807, 2.05) is 0 Å². The van der Waals surface area contributed by atoms with Gasteiger partial charge < -0.3 is 9.84 Å². The van der Waals surface area contributed by atoms with Gasteiger partial charge in [-0.05, 0) is 6.42 Å². The lowest BCUT2D eigenvalue weighted by atomic mass is 10.0. The standard InChI is InChI=1S/C23H44O4/c1-2-3-4-5-6-7-8-9-10-11-12-13-14-15-16-17-18-19-20-23(26)27-21-22(24)25/h2-21H2,1H3,(H,24,25). The van der Waals surface area contributed by atoms with Crippen molar-refractivity contribution >= 4 is 11.9 Å². The number of carbonyl (C=O) groups is 2. The molecule has 0 rings (SSSR count). The minimum Gasteiger partial charge on any atom is -0.479 e. The van der Waals surface area contributed by atoms with E-state index in [1.54, 1.807) is 0 Å². The number of aliphatic carboxylic acids is 1. The summed E-state index contributed by atoms with van der Waals surface area (Å²) >= 11 is 0. The summed E-state index contributed by atoms with van der Waals surface area (Å²) in [5.41, 5.74) is 0. The fourth-order valence-corrected chi connectivity index (χ4v) is 3.39. The Bertz CT molecular complexity index is 341. The number of hydrogen-bond acceptors (Lipinski definition) is 3. The van der Waals surface area contributed by atoms with Crippen LogP contribution in [0.25, 0.3) is 0 Å². The topological polar surface area (TPSA) is 63.6 Å². The Balaban J connectivity index is 3.09. The fraction of sp³-hybridized carbons (Fsp3) is 0.913. The normalized spacial score (nSPS) is 10.9. The number of esters is 1. The lowest BCUT2D eigenvalue weighted by Crippen LogP contribution is -2.12. The van der Waals surface area contributed by atoms with Crippen LogP contribution >= 0.6 is 0 Å². The molecule has 0 aliphatic heterocycles. The summed E-state index contributed by atoms with van der Waals surface area (Å²) in [6, 6.07) is 0. The van der Waals surface area contributed by atoms with Gasteiger partial charge in [0.2, 0.25) is 0 Å². The molecular weight excluding hydrogens is 340 g/mol. The van der Waals surface area contributed by atoms with E-state index in [1.165, 1.54) is 96.3 Å². The second-order valence-electron chi connectivity index (χ2n) is 7.81. The maximum atomic E-state index is 11.2. The molecule has 0 aromatic carbocycles. The van der Waals surface area contributed by atoms with Crippen molar-refractivity contribution in [1.82, 2.24) is 0 Å². The van der Waals surface area contributed by atoms with Crippen molar-refractivity contribution in [2.75, 3.05) is 6.61 Å². The quantitative estimate of drug-likeness (QED) is 0.170. The van der Waals surface area contributed by atoms with Crippen LogP contribution in [0.5, 0.6) is 0 Å². The molecule has 0 bridgehead atoms. The number of carboxylic acids is 1. The van der Waals surface area contributed by atoms with Crippen LogP contribution in [0.15, 0.2) is 0 Å². The van der Waals surface area contributed by atoms with Crippen LogP contribution in [0, 0.1) is 0 Å². The average Bonchev–Trinajstić information content (AvgIpc) is 2.65. The highest BCUT2D eigenvalue weighted by Gasteiger charge is 2.05. The lowest BCUT2D eigenvalue weighted by Gasteiger charge is -2.04. The molecule has 0 amide bonds. The van der Waals surface area contributed by atoms with Crippen LogP contribution in [0.4, 0.5) is 0 Å². The minimum absolute atomic E-state index is 0.339. The van der Waals surface area contributed by atoms with Crippen molar-refractivity contribution in [1.29, 1.82) is 0 Å². The van der Waals surface area contributed by atoms with Crippen LogP contribution in [-0.4, -0.2) is 23.7 Å². The Morgan fingerprint density at radius 1 is 0.593 bits per heavy atom. The van der Waals surface area contributed by atoms with Gasteiger partial charge in [-0.1, -0.05) is 116 Å². The Morgan fingerprint density at radius 3 is 1.26 bits per heavy atom. The molecule has 0 aliphatic carbocycles. The molecule has 0 unspecified atom stereocenters. The minimum atomic E-state index is -1.10. The molecule has 0 aromatic heterocycles. The summed E-state index contributed by atoms with van der Waals surface area (Å²) < 4.78 is 4.60. The average molecular weight is 385 g/mol. The van der Waals surface area contributed by atoms with E-state index in [-0.39, 0.29) is 0 Å².